The molecule has 0 radical (unpaired) electrons. The third kappa shape index (κ3) is 11.6. The smallest absolute Gasteiger partial charge is 0.306 e. The number of fused-ring (bicyclic) bond motifs is 2. The predicted octanol–water partition coefficient (Wildman–Crippen LogP) is 6.11. The summed E-state index contributed by atoms with van der Waals surface area (Å²) in [6.45, 7) is 19.4. The molecule has 56 heavy (non-hydrogen) atoms. The van der Waals surface area contributed by atoms with Gasteiger partial charge >= 0.3 is 5.97 Å². The summed E-state index contributed by atoms with van der Waals surface area (Å²) >= 11 is 0. The van der Waals surface area contributed by atoms with E-state index in [0.29, 0.717) is 25.7 Å². The van der Waals surface area contributed by atoms with E-state index in [-0.39, 0.29) is 48.7 Å². The minimum Gasteiger partial charge on any atom is -0.461 e. The molecule has 11 heteroatoms. The van der Waals surface area contributed by atoms with E-state index in [4.69, 9.17) is 14.2 Å². The quantitative estimate of drug-likeness (QED) is 0.208. The Labute approximate surface area is 336 Å². The van der Waals surface area contributed by atoms with Gasteiger partial charge < -0.3 is 39.7 Å². The average Bonchev–Trinajstić information content (AvgIpc) is 3.16. The van der Waals surface area contributed by atoms with Crippen molar-refractivity contribution in [3.8, 4) is 0 Å². The Morgan fingerprint density at radius 2 is 1.46 bits per heavy atom. The van der Waals surface area contributed by atoms with Gasteiger partial charge in [-0.3, -0.25) is 14.4 Å². The summed E-state index contributed by atoms with van der Waals surface area (Å²) in [5.74, 6) is -6.67. The van der Waals surface area contributed by atoms with Crippen molar-refractivity contribution in [1.82, 2.24) is 0 Å². The Kier molecular flexibility index (Phi) is 18.0. The zero-order valence-electron chi connectivity index (χ0n) is 36.1. The van der Waals surface area contributed by atoms with E-state index < -0.39 is 89.0 Å². The van der Waals surface area contributed by atoms with Gasteiger partial charge in [0.05, 0.1) is 36.6 Å². The highest BCUT2D eigenvalue weighted by molar-refractivity contribution is 5.91. The van der Waals surface area contributed by atoms with Crippen LogP contribution in [0.4, 0.5) is 0 Å². The second-order valence-corrected chi connectivity index (χ2v) is 18.3. The standard InChI is InChI=1S/C45H76O11/c1-12-34-17-15-13-14-16-27(4)42(51)44(11,53)43(52)32(9)40(50)31(8)39(49)30(7)38(48)26(3)18-21-37(47)54-41-29(6)35(20-19-34)55-45(33(41)10)23-22-25(2)36(56-45)24-28(5)46/h13-15,17,25-36,38,40-42,46,48,50-51,53H,12,16,18-24H2,1-11H3/b14-13+,17-15+/t25-,26-,27+,28+,29+,30+,31-,32-,33-,34-,35-,36-,38+,40+,41+,42?,44+,45-/m1/s1. The fourth-order valence-electron chi connectivity index (χ4n) is 9.26. The molecule has 1 unspecified atom stereocenters. The van der Waals surface area contributed by atoms with Crippen LogP contribution in [0.15, 0.2) is 24.3 Å². The third-order valence-corrected chi connectivity index (χ3v) is 13.7. The van der Waals surface area contributed by atoms with Crippen molar-refractivity contribution in [3.63, 3.8) is 0 Å². The molecule has 18 atom stereocenters. The molecule has 0 aromatic carbocycles. The van der Waals surface area contributed by atoms with Crippen LogP contribution in [0, 0.1) is 53.3 Å². The van der Waals surface area contributed by atoms with Gasteiger partial charge in [0.25, 0.3) is 0 Å². The second-order valence-electron chi connectivity index (χ2n) is 18.3. The van der Waals surface area contributed by atoms with Gasteiger partial charge in [-0.15, -0.1) is 0 Å². The van der Waals surface area contributed by atoms with Crippen LogP contribution >= 0.6 is 0 Å². The van der Waals surface area contributed by atoms with Crippen molar-refractivity contribution < 1.29 is 54.1 Å². The van der Waals surface area contributed by atoms with Gasteiger partial charge in [-0.2, -0.15) is 0 Å². The maximum atomic E-state index is 13.6. The van der Waals surface area contributed by atoms with E-state index in [1.807, 2.05) is 25.2 Å². The van der Waals surface area contributed by atoms with Crippen molar-refractivity contribution in [2.45, 2.75) is 188 Å². The number of aliphatic hydroxyl groups is 5. The van der Waals surface area contributed by atoms with Crippen LogP contribution in [0.3, 0.4) is 0 Å². The van der Waals surface area contributed by atoms with Gasteiger partial charge in [0.15, 0.2) is 11.6 Å². The molecule has 2 fully saturated rings. The molecule has 2 saturated heterocycles. The average molecular weight is 793 g/mol. The number of Topliss-reactive ketones (excluding diaryl/α,β-unsaturated/α-hetero) is 2. The lowest BCUT2D eigenvalue weighted by Crippen LogP contribution is -2.62. The molecule has 322 valence electrons. The Hall–Kier alpha value is -1.99. The molecule has 2 bridgehead atoms. The third-order valence-electron chi connectivity index (χ3n) is 13.7. The van der Waals surface area contributed by atoms with E-state index in [9.17, 15) is 39.9 Å². The van der Waals surface area contributed by atoms with Crippen LogP contribution in [-0.4, -0.2) is 97.2 Å². The lowest BCUT2D eigenvalue weighted by atomic mass is 9.74. The van der Waals surface area contributed by atoms with E-state index in [0.717, 1.165) is 19.3 Å². The van der Waals surface area contributed by atoms with Gasteiger partial charge in [-0.05, 0) is 82.5 Å². The summed E-state index contributed by atoms with van der Waals surface area (Å²) in [5.41, 5.74) is -2.18. The molecular formula is C45H76O11. The molecular weight excluding hydrogens is 716 g/mol. The van der Waals surface area contributed by atoms with E-state index in [1.54, 1.807) is 27.7 Å². The van der Waals surface area contributed by atoms with Crippen LogP contribution in [0.1, 0.15) is 134 Å². The van der Waals surface area contributed by atoms with Crippen molar-refractivity contribution in [2.75, 3.05) is 0 Å². The highest BCUT2D eigenvalue weighted by Gasteiger charge is 2.56. The van der Waals surface area contributed by atoms with E-state index in [1.165, 1.54) is 20.8 Å². The van der Waals surface area contributed by atoms with Crippen molar-refractivity contribution in [1.29, 1.82) is 0 Å². The number of aliphatic hydroxyl groups excluding tert-OH is 4. The molecule has 11 nitrogen and oxygen atoms in total. The van der Waals surface area contributed by atoms with Gasteiger partial charge in [-0.1, -0.05) is 86.6 Å². The van der Waals surface area contributed by atoms with E-state index in [2.05, 4.69) is 26.8 Å². The number of hydrogen-bond donors (Lipinski definition) is 5. The summed E-state index contributed by atoms with van der Waals surface area (Å²) in [7, 11) is 0. The number of hydrogen-bond acceptors (Lipinski definition) is 11. The largest absolute Gasteiger partial charge is 0.461 e. The first-order valence-corrected chi connectivity index (χ1v) is 21.5. The molecule has 3 heterocycles. The Balaban J connectivity index is 1.95. The summed E-state index contributed by atoms with van der Waals surface area (Å²) in [6.07, 6.45) is 7.43. The summed E-state index contributed by atoms with van der Waals surface area (Å²) in [5, 5.41) is 55.1. The van der Waals surface area contributed by atoms with Crippen LogP contribution in [-0.2, 0) is 28.6 Å². The number of carbonyl (C=O) groups excluding carboxylic acids is 3. The first kappa shape index (κ1) is 48.4. The number of carbonyl (C=O) groups is 3. The molecule has 3 aliphatic heterocycles. The molecule has 0 aromatic heterocycles. The first-order valence-electron chi connectivity index (χ1n) is 21.5. The number of rotatable bonds is 3. The molecule has 5 N–H and O–H groups in total. The molecule has 0 amide bonds. The maximum absolute atomic E-state index is 13.6. The van der Waals surface area contributed by atoms with Gasteiger partial charge in [0.2, 0.25) is 0 Å². The van der Waals surface area contributed by atoms with Crippen LogP contribution in [0.2, 0.25) is 0 Å². The van der Waals surface area contributed by atoms with Gasteiger partial charge in [-0.25, -0.2) is 0 Å². The van der Waals surface area contributed by atoms with Crippen LogP contribution < -0.4 is 0 Å². The lowest BCUT2D eigenvalue weighted by Gasteiger charge is -2.55. The first-order chi connectivity index (χ1) is 26.1. The van der Waals surface area contributed by atoms with Crippen LogP contribution in [0.25, 0.3) is 0 Å². The van der Waals surface area contributed by atoms with Crippen LogP contribution in [0.5, 0.6) is 0 Å². The summed E-state index contributed by atoms with van der Waals surface area (Å²) in [6, 6.07) is 0. The lowest BCUT2D eigenvalue weighted by molar-refractivity contribution is -0.371. The number of allylic oxidation sites excluding steroid dienone is 4. The van der Waals surface area contributed by atoms with Gasteiger partial charge in [0, 0.05) is 42.4 Å². The number of ketones is 2. The Bertz CT molecular complexity index is 1340. The topological polar surface area (TPSA) is 180 Å². The SMILES string of the molecule is CC[C@@H]1/C=C/C=C/C[C@H](C)C(O)[C@](C)(O)C(=O)[C@H](C)[C@@H](O)[C@H](C)C(=O)[C@@H](C)[C@@H](O)[C@H](C)CCC(=O)O[C@H]2[C@@H](C)[C@@H](CC1)O[C@@]1(CC[C@@H](C)[C@@H](C[C@H](C)O)O1)[C@@H]2C. The minimum absolute atomic E-state index is 0.0198. The van der Waals surface area contributed by atoms with Crippen molar-refractivity contribution >= 4 is 17.5 Å². The molecule has 0 saturated carbocycles. The Morgan fingerprint density at radius 1 is 0.821 bits per heavy atom. The molecule has 0 aliphatic carbocycles. The van der Waals surface area contributed by atoms with Crippen molar-refractivity contribution in [2.24, 2.45) is 53.3 Å². The van der Waals surface area contributed by atoms with E-state index >= 15 is 0 Å². The maximum Gasteiger partial charge on any atom is 0.306 e. The molecule has 0 aromatic rings. The van der Waals surface area contributed by atoms with Crippen molar-refractivity contribution in [3.05, 3.63) is 24.3 Å². The predicted molar refractivity (Wildman–Crippen MR) is 215 cm³/mol. The highest BCUT2D eigenvalue weighted by atomic mass is 16.7. The summed E-state index contributed by atoms with van der Waals surface area (Å²) in [4.78, 5) is 40.7. The Morgan fingerprint density at radius 3 is 2.09 bits per heavy atom. The fourth-order valence-corrected chi connectivity index (χ4v) is 9.26. The number of esters is 1. The minimum atomic E-state index is -2.18. The number of ether oxygens (including phenoxy) is 3. The summed E-state index contributed by atoms with van der Waals surface area (Å²) < 4.78 is 20.1. The monoisotopic (exact) mass is 793 g/mol. The molecule has 1 spiro atoms. The zero-order valence-corrected chi connectivity index (χ0v) is 36.1. The molecule has 3 aliphatic rings. The van der Waals surface area contributed by atoms with Gasteiger partial charge in [0.1, 0.15) is 17.5 Å². The zero-order chi connectivity index (χ0) is 42.3. The normalized spacial score (nSPS) is 46.5. The second kappa shape index (κ2) is 20.8. The fraction of sp³-hybridized carbons (Fsp3) is 0.844. The molecule has 3 rings (SSSR count). The highest BCUT2D eigenvalue weighted by Crippen LogP contribution is 2.49.